The molecule has 2 aromatic rings. The number of nitrogens with two attached hydrogens (primary N) is 1. The lowest BCUT2D eigenvalue weighted by atomic mass is 10.3. The quantitative estimate of drug-likeness (QED) is 0.889. The maximum Gasteiger partial charge on any atom is 0.281 e. The van der Waals surface area contributed by atoms with Gasteiger partial charge in [-0.3, -0.25) is 4.72 Å². The second-order valence-electron chi connectivity index (χ2n) is 4.00. The highest BCUT2D eigenvalue weighted by Crippen LogP contribution is 2.29. The zero-order valence-electron chi connectivity index (χ0n) is 10.8. The van der Waals surface area contributed by atoms with Crippen molar-refractivity contribution in [1.29, 1.82) is 0 Å². The van der Waals surface area contributed by atoms with Gasteiger partial charge in [-0.05, 0) is 12.1 Å². The standard InChI is InChI=1S/C11H13ClN4O3S/c1-16-6-14-10(13)11(16)20(17,18)15-7-3-4-8(12)9(5-7)19-2/h3-6,15H,13H2,1-2H3. The van der Waals surface area contributed by atoms with Crippen LogP contribution in [-0.2, 0) is 17.1 Å². The first-order chi connectivity index (χ1) is 9.35. The highest BCUT2D eigenvalue weighted by atomic mass is 35.5. The molecule has 1 aromatic heterocycles. The molecule has 0 atom stereocenters. The molecule has 1 aromatic carbocycles. The van der Waals surface area contributed by atoms with Gasteiger partial charge in [0.15, 0.2) is 10.8 Å². The number of hydrogen-bond acceptors (Lipinski definition) is 5. The average molecular weight is 317 g/mol. The van der Waals surface area contributed by atoms with E-state index >= 15 is 0 Å². The third kappa shape index (κ3) is 2.66. The van der Waals surface area contributed by atoms with Crippen molar-refractivity contribution in [2.45, 2.75) is 5.03 Å². The lowest BCUT2D eigenvalue weighted by Crippen LogP contribution is -2.17. The zero-order chi connectivity index (χ0) is 14.9. The largest absolute Gasteiger partial charge is 0.495 e. The van der Waals surface area contributed by atoms with Crippen molar-refractivity contribution < 1.29 is 13.2 Å². The van der Waals surface area contributed by atoms with Crippen molar-refractivity contribution in [1.82, 2.24) is 9.55 Å². The summed E-state index contributed by atoms with van der Waals surface area (Å²) >= 11 is 5.88. The van der Waals surface area contributed by atoms with Gasteiger partial charge in [-0.25, -0.2) is 4.98 Å². The van der Waals surface area contributed by atoms with Gasteiger partial charge in [0.2, 0.25) is 0 Å². The lowest BCUT2D eigenvalue weighted by molar-refractivity contribution is 0.415. The summed E-state index contributed by atoms with van der Waals surface area (Å²) in [7, 11) is -0.857. The van der Waals surface area contributed by atoms with Gasteiger partial charge >= 0.3 is 0 Å². The lowest BCUT2D eigenvalue weighted by Gasteiger charge is -2.10. The van der Waals surface area contributed by atoms with Crippen LogP contribution >= 0.6 is 11.6 Å². The van der Waals surface area contributed by atoms with Crippen LogP contribution in [0.1, 0.15) is 0 Å². The number of nitrogens with one attached hydrogen (secondary N) is 1. The summed E-state index contributed by atoms with van der Waals surface area (Å²) < 4.78 is 33.3. The topological polar surface area (TPSA) is 99.2 Å². The van der Waals surface area contributed by atoms with Crippen molar-refractivity contribution in [3.05, 3.63) is 29.5 Å². The number of ether oxygens (including phenoxy) is 1. The van der Waals surface area contributed by atoms with Crippen LogP contribution in [0.4, 0.5) is 11.5 Å². The van der Waals surface area contributed by atoms with Crippen LogP contribution in [0.3, 0.4) is 0 Å². The van der Waals surface area contributed by atoms with E-state index in [0.717, 1.165) is 0 Å². The van der Waals surface area contributed by atoms with Crippen LogP contribution in [0.2, 0.25) is 5.02 Å². The number of sulfonamides is 1. The molecule has 0 aliphatic rings. The monoisotopic (exact) mass is 316 g/mol. The van der Waals surface area contributed by atoms with E-state index in [9.17, 15) is 8.42 Å². The molecule has 0 aliphatic heterocycles. The molecule has 0 aliphatic carbocycles. The number of benzene rings is 1. The minimum Gasteiger partial charge on any atom is -0.495 e. The molecule has 1 heterocycles. The third-order valence-corrected chi connectivity index (χ3v) is 4.39. The smallest absolute Gasteiger partial charge is 0.281 e. The van der Waals surface area contributed by atoms with E-state index in [-0.39, 0.29) is 10.8 Å². The van der Waals surface area contributed by atoms with Crippen LogP contribution in [0.5, 0.6) is 5.75 Å². The summed E-state index contributed by atoms with van der Waals surface area (Å²) in [6, 6.07) is 4.53. The van der Waals surface area contributed by atoms with E-state index < -0.39 is 10.0 Å². The minimum absolute atomic E-state index is 0.0686. The number of rotatable bonds is 4. The van der Waals surface area contributed by atoms with E-state index in [1.54, 1.807) is 7.05 Å². The number of nitrogen functional groups attached to an aromatic ring is 1. The fraction of sp³-hybridized carbons (Fsp3) is 0.182. The Kier molecular flexibility index (Phi) is 3.78. The maximum absolute atomic E-state index is 12.3. The van der Waals surface area contributed by atoms with Crippen LogP contribution in [0.15, 0.2) is 29.6 Å². The summed E-state index contributed by atoms with van der Waals surface area (Å²) in [5.41, 5.74) is 5.88. The number of nitrogens with zero attached hydrogens (tertiary/aromatic N) is 2. The minimum atomic E-state index is -3.84. The summed E-state index contributed by atoms with van der Waals surface area (Å²) in [4.78, 5) is 3.75. The number of methoxy groups -OCH3 is 1. The molecule has 0 bridgehead atoms. The third-order valence-electron chi connectivity index (χ3n) is 2.57. The molecule has 0 radical (unpaired) electrons. The number of imidazole rings is 1. The van der Waals surface area contributed by atoms with E-state index in [4.69, 9.17) is 22.1 Å². The molecule has 20 heavy (non-hydrogen) atoms. The van der Waals surface area contributed by atoms with Crippen molar-refractivity contribution >= 4 is 33.1 Å². The van der Waals surface area contributed by atoms with Crippen molar-refractivity contribution in [2.75, 3.05) is 17.6 Å². The first-order valence-electron chi connectivity index (χ1n) is 5.48. The van der Waals surface area contributed by atoms with Crippen molar-refractivity contribution in [2.24, 2.45) is 7.05 Å². The Morgan fingerprint density at radius 2 is 2.15 bits per heavy atom. The Labute approximate surface area is 121 Å². The normalized spacial score (nSPS) is 11.3. The van der Waals surface area contributed by atoms with E-state index in [2.05, 4.69) is 9.71 Å². The fourth-order valence-electron chi connectivity index (χ4n) is 1.69. The summed E-state index contributed by atoms with van der Waals surface area (Å²) in [6.45, 7) is 0. The predicted octanol–water partition coefficient (Wildman–Crippen LogP) is 1.47. The molecule has 0 fully saturated rings. The average Bonchev–Trinajstić information content (AvgIpc) is 2.71. The Morgan fingerprint density at radius 1 is 1.45 bits per heavy atom. The van der Waals surface area contributed by atoms with Gasteiger partial charge in [0, 0.05) is 13.1 Å². The maximum atomic E-state index is 12.3. The van der Waals surface area contributed by atoms with E-state index in [0.29, 0.717) is 16.5 Å². The Bertz CT molecular complexity index is 723. The molecule has 0 spiro atoms. The van der Waals surface area contributed by atoms with Gasteiger partial charge in [0.1, 0.15) is 5.75 Å². The highest BCUT2D eigenvalue weighted by molar-refractivity contribution is 7.92. The van der Waals surface area contributed by atoms with Crippen LogP contribution < -0.4 is 15.2 Å². The molecular formula is C11H13ClN4O3S. The van der Waals surface area contributed by atoms with Gasteiger partial charge in [-0.1, -0.05) is 11.6 Å². The summed E-state index contributed by atoms with van der Waals surface area (Å²) in [6.07, 6.45) is 1.33. The van der Waals surface area contributed by atoms with Gasteiger partial charge in [-0.15, -0.1) is 0 Å². The van der Waals surface area contributed by atoms with Gasteiger partial charge < -0.3 is 15.0 Å². The molecular weight excluding hydrogens is 304 g/mol. The highest BCUT2D eigenvalue weighted by Gasteiger charge is 2.22. The molecule has 0 unspecified atom stereocenters. The molecule has 3 N–H and O–H groups in total. The van der Waals surface area contributed by atoms with Gasteiger partial charge in [0.05, 0.1) is 24.1 Å². The van der Waals surface area contributed by atoms with E-state index in [1.807, 2.05) is 0 Å². The number of aryl methyl sites for hydroxylation is 1. The summed E-state index contributed by atoms with van der Waals surface area (Å²) in [5.74, 6) is 0.297. The van der Waals surface area contributed by atoms with Gasteiger partial charge in [-0.2, -0.15) is 8.42 Å². The Balaban J connectivity index is 2.39. The zero-order valence-corrected chi connectivity index (χ0v) is 12.4. The number of halogens is 1. The molecule has 7 nitrogen and oxygen atoms in total. The first-order valence-corrected chi connectivity index (χ1v) is 7.34. The van der Waals surface area contributed by atoms with E-state index in [1.165, 1.54) is 36.2 Å². The number of anilines is 2. The Morgan fingerprint density at radius 3 is 2.70 bits per heavy atom. The first kappa shape index (κ1) is 14.5. The second-order valence-corrected chi connectivity index (χ2v) is 6.01. The predicted molar refractivity (Wildman–Crippen MR) is 76.4 cm³/mol. The van der Waals surface area contributed by atoms with Crippen LogP contribution in [0, 0.1) is 0 Å². The SMILES string of the molecule is COc1cc(NS(=O)(=O)c2c(N)ncn2C)ccc1Cl. The molecule has 9 heteroatoms. The fourth-order valence-corrected chi connectivity index (χ4v) is 3.17. The molecule has 108 valence electrons. The van der Waals surface area contributed by atoms with Crippen LogP contribution in [-0.4, -0.2) is 25.1 Å². The van der Waals surface area contributed by atoms with Crippen LogP contribution in [0.25, 0.3) is 0 Å². The molecule has 0 amide bonds. The number of hydrogen-bond donors (Lipinski definition) is 2. The summed E-state index contributed by atoms with van der Waals surface area (Å²) in [5, 5.41) is 0.280. The molecule has 2 rings (SSSR count). The second kappa shape index (κ2) is 5.22. The Hall–Kier alpha value is -1.93. The molecule has 0 saturated heterocycles. The van der Waals surface area contributed by atoms with Gasteiger partial charge in [0.25, 0.3) is 10.0 Å². The van der Waals surface area contributed by atoms with Crippen molar-refractivity contribution in [3.63, 3.8) is 0 Å². The number of aromatic nitrogens is 2. The van der Waals surface area contributed by atoms with Crippen molar-refractivity contribution in [3.8, 4) is 5.75 Å². The molecule has 0 saturated carbocycles.